The van der Waals surface area contributed by atoms with Crippen molar-refractivity contribution in [1.82, 2.24) is 5.32 Å². The number of nitrogens with zero attached hydrogens (tertiary/aromatic N) is 1. The molecule has 0 spiro atoms. The number of thioether (sulfide) groups is 1. The Morgan fingerprint density at radius 1 is 1.23 bits per heavy atom. The Bertz CT molecular complexity index is 881. The number of nitrogens with one attached hydrogen (secondary N) is 2. The van der Waals surface area contributed by atoms with E-state index in [1.54, 1.807) is 12.1 Å². The summed E-state index contributed by atoms with van der Waals surface area (Å²) >= 11 is 7.23. The average Bonchev–Trinajstić information content (AvgIpc) is 2.92. The molecular weight excluding hydrogens is 370 g/mol. The lowest BCUT2D eigenvalue weighted by molar-refractivity contribution is -0.122. The Kier molecular flexibility index (Phi) is 5.64. The summed E-state index contributed by atoms with van der Waals surface area (Å²) in [6, 6.07) is 13.0. The molecule has 2 aromatic carbocycles. The standard InChI is InChI=1S/C19H18ClN3O2S/c1-11-3-7-14(8-4-11)21-19-23-18(25)16(26-19)10-17(24)22-15-9-13(20)6-5-12(15)2/h3-9,16H,10H2,1-2H3,(H,22,24)(H,21,23,25)/t16-/m0/s1. The minimum absolute atomic E-state index is 0.0649. The normalized spacial score (nSPS) is 18.0. The quantitative estimate of drug-likeness (QED) is 0.825. The summed E-state index contributed by atoms with van der Waals surface area (Å²) in [5.41, 5.74) is 3.47. The Labute approximate surface area is 161 Å². The zero-order chi connectivity index (χ0) is 18.7. The third kappa shape index (κ3) is 4.65. The molecule has 0 radical (unpaired) electrons. The van der Waals surface area contributed by atoms with Gasteiger partial charge in [0.15, 0.2) is 5.17 Å². The molecule has 1 heterocycles. The van der Waals surface area contributed by atoms with Gasteiger partial charge >= 0.3 is 0 Å². The monoisotopic (exact) mass is 387 g/mol. The predicted octanol–water partition coefficient (Wildman–Crippen LogP) is 4.20. The van der Waals surface area contributed by atoms with Crippen LogP contribution in [0.2, 0.25) is 5.02 Å². The minimum Gasteiger partial charge on any atom is -0.326 e. The van der Waals surface area contributed by atoms with E-state index in [2.05, 4.69) is 15.6 Å². The van der Waals surface area contributed by atoms with Crippen LogP contribution in [0.25, 0.3) is 0 Å². The summed E-state index contributed by atoms with van der Waals surface area (Å²) in [4.78, 5) is 28.8. The lowest BCUT2D eigenvalue weighted by atomic mass is 10.2. The molecule has 1 aliphatic rings. The highest BCUT2D eigenvalue weighted by Crippen LogP contribution is 2.26. The molecule has 0 aliphatic carbocycles. The maximum absolute atomic E-state index is 12.3. The van der Waals surface area contributed by atoms with Gasteiger partial charge in [0.25, 0.3) is 0 Å². The fourth-order valence-corrected chi connectivity index (χ4v) is 3.59. The van der Waals surface area contributed by atoms with Crippen molar-refractivity contribution in [3.05, 3.63) is 58.6 Å². The summed E-state index contributed by atoms with van der Waals surface area (Å²) in [6.07, 6.45) is 0.0649. The van der Waals surface area contributed by atoms with Gasteiger partial charge in [-0.05, 0) is 43.7 Å². The molecule has 1 aliphatic heterocycles. The van der Waals surface area contributed by atoms with Gasteiger partial charge in [-0.15, -0.1) is 0 Å². The van der Waals surface area contributed by atoms with Crippen LogP contribution in [0.3, 0.4) is 0 Å². The summed E-state index contributed by atoms with van der Waals surface area (Å²) < 4.78 is 0. The van der Waals surface area contributed by atoms with Gasteiger partial charge in [0.2, 0.25) is 11.8 Å². The van der Waals surface area contributed by atoms with Crippen molar-refractivity contribution < 1.29 is 9.59 Å². The van der Waals surface area contributed by atoms with Gasteiger partial charge in [-0.2, -0.15) is 0 Å². The number of benzene rings is 2. The molecule has 7 heteroatoms. The van der Waals surface area contributed by atoms with Crippen molar-refractivity contribution in [3.63, 3.8) is 0 Å². The van der Waals surface area contributed by atoms with Crippen molar-refractivity contribution >= 4 is 51.7 Å². The number of halogens is 1. The summed E-state index contributed by atoms with van der Waals surface area (Å²) in [6.45, 7) is 3.88. The number of amides is 2. The van der Waals surface area contributed by atoms with Crippen molar-refractivity contribution in [3.8, 4) is 0 Å². The predicted molar refractivity (Wildman–Crippen MR) is 107 cm³/mol. The highest BCUT2D eigenvalue weighted by molar-refractivity contribution is 8.15. The van der Waals surface area contributed by atoms with Gasteiger partial charge in [-0.3, -0.25) is 9.59 Å². The van der Waals surface area contributed by atoms with Crippen LogP contribution in [-0.2, 0) is 9.59 Å². The van der Waals surface area contributed by atoms with E-state index < -0.39 is 5.25 Å². The summed E-state index contributed by atoms with van der Waals surface area (Å²) in [7, 11) is 0. The molecule has 134 valence electrons. The van der Waals surface area contributed by atoms with Crippen LogP contribution in [0.4, 0.5) is 11.4 Å². The number of carbonyl (C=O) groups excluding carboxylic acids is 2. The van der Waals surface area contributed by atoms with Crippen LogP contribution in [0, 0.1) is 13.8 Å². The minimum atomic E-state index is -0.501. The van der Waals surface area contributed by atoms with Crippen molar-refractivity contribution in [1.29, 1.82) is 0 Å². The van der Waals surface area contributed by atoms with Crippen LogP contribution in [0.5, 0.6) is 0 Å². The number of hydrogen-bond donors (Lipinski definition) is 2. The Balaban J connectivity index is 1.63. The van der Waals surface area contributed by atoms with E-state index in [0.29, 0.717) is 15.9 Å². The SMILES string of the molecule is Cc1ccc(N=C2NC(=O)[C@H](CC(=O)Nc3cc(Cl)ccc3C)S2)cc1. The van der Waals surface area contributed by atoms with E-state index in [9.17, 15) is 9.59 Å². The highest BCUT2D eigenvalue weighted by Gasteiger charge is 2.32. The third-order valence-corrected chi connectivity index (χ3v) is 5.20. The number of hydrogen-bond acceptors (Lipinski definition) is 4. The Morgan fingerprint density at radius 3 is 2.69 bits per heavy atom. The van der Waals surface area contributed by atoms with Gasteiger partial charge in [-0.25, -0.2) is 4.99 Å². The van der Waals surface area contributed by atoms with Crippen molar-refractivity contribution in [2.24, 2.45) is 4.99 Å². The molecule has 2 aromatic rings. The molecule has 26 heavy (non-hydrogen) atoms. The first kappa shape index (κ1) is 18.5. The van der Waals surface area contributed by atoms with E-state index in [4.69, 9.17) is 11.6 Å². The number of carbonyl (C=O) groups is 2. The van der Waals surface area contributed by atoms with Gasteiger partial charge in [-0.1, -0.05) is 47.1 Å². The number of anilines is 1. The molecule has 0 unspecified atom stereocenters. The largest absolute Gasteiger partial charge is 0.326 e. The lowest BCUT2D eigenvalue weighted by Crippen LogP contribution is -2.28. The van der Waals surface area contributed by atoms with E-state index >= 15 is 0 Å². The second-order valence-corrected chi connectivity index (χ2v) is 7.69. The van der Waals surface area contributed by atoms with Gasteiger partial charge < -0.3 is 10.6 Å². The second kappa shape index (κ2) is 7.93. The molecule has 5 nitrogen and oxygen atoms in total. The van der Waals surface area contributed by atoms with E-state index in [0.717, 1.165) is 16.8 Å². The molecule has 0 bridgehead atoms. The maximum Gasteiger partial charge on any atom is 0.240 e. The molecule has 1 saturated heterocycles. The van der Waals surface area contributed by atoms with Crippen LogP contribution in [-0.4, -0.2) is 22.2 Å². The van der Waals surface area contributed by atoms with Gasteiger partial charge in [0.05, 0.1) is 5.69 Å². The lowest BCUT2D eigenvalue weighted by Gasteiger charge is -2.10. The van der Waals surface area contributed by atoms with Crippen LogP contribution < -0.4 is 10.6 Å². The summed E-state index contributed by atoms with van der Waals surface area (Å²) in [5, 5.41) is 6.10. The topological polar surface area (TPSA) is 70.6 Å². The van der Waals surface area contributed by atoms with Gasteiger partial charge in [0, 0.05) is 17.1 Å². The number of aliphatic imine (C=N–C) groups is 1. The zero-order valence-corrected chi connectivity index (χ0v) is 15.9. The first-order valence-electron chi connectivity index (χ1n) is 8.09. The molecule has 3 rings (SSSR count). The maximum atomic E-state index is 12.3. The molecule has 2 amide bonds. The molecule has 1 fully saturated rings. The van der Waals surface area contributed by atoms with Crippen molar-refractivity contribution in [2.75, 3.05) is 5.32 Å². The highest BCUT2D eigenvalue weighted by atomic mass is 35.5. The van der Waals surface area contributed by atoms with Crippen LogP contribution in [0.15, 0.2) is 47.5 Å². The third-order valence-electron chi connectivity index (χ3n) is 3.89. The summed E-state index contributed by atoms with van der Waals surface area (Å²) in [5.74, 6) is -0.446. The van der Waals surface area contributed by atoms with Crippen molar-refractivity contribution in [2.45, 2.75) is 25.5 Å². The zero-order valence-electron chi connectivity index (χ0n) is 14.4. The van der Waals surface area contributed by atoms with E-state index in [1.165, 1.54) is 11.8 Å². The smallest absolute Gasteiger partial charge is 0.240 e. The fourth-order valence-electron chi connectivity index (χ4n) is 2.43. The second-order valence-electron chi connectivity index (χ2n) is 6.06. The molecular formula is C19H18ClN3O2S. The van der Waals surface area contributed by atoms with Crippen LogP contribution in [0.1, 0.15) is 17.5 Å². The molecule has 2 N–H and O–H groups in total. The number of rotatable bonds is 4. The molecule has 1 atom stereocenters. The molecule has 0 saturated carbocycles. The van der Waals surface area contributed by atoms with E-state index in [1.807, 2.05) is 44.2 Å². The van der Waals surface area contributed by atoms with Crippen LogP contribution >= 0.6 is 23.4 Å². The Morgan fingerprint density at radius 2 is 1.96 bits per heavy atom. The molecule has 0 aromatic heterocycles. The average molecular weight is 388 g/mol. The fraction of sp³-hybridized carbons (Fsp3) is 0.211. The first-order valence-corrected chi connectivity index (χ1v) is 9.35. The van der Waals surface area contributed by atoms with Gasteiger partial charge in [0.1, 0.15) is 5.25 Å². The van der Waals surface area contributed by atoms with E-state index in [-0.39, 0.29) is 18.2 Å². The first-order chi connectivity index (χ1) is 12.4. The Hall–Kier alpha value is -2.31. The number of aryl methyl sites for hydroxylation is 2. The number of amidine groups is 1.